The topological polar surface area (TPSA) is 64.8 Å². The molecule has 0 radical (unpaired) electrons. The summed E-state index contributed by atoms with van der Waals surface area (Å²) >= 11 is 0. The van der Waals surface area contributed by atoms with Crippen LogP contribution in [0.4, 0.5) is 4.79 Å². The summed E-state index contributed by atoms with van der Waals surface area (Å²) < 4.78 is 11.0. The molecular formula is C14H26N2O3. The van der Waals surface area contributed by atoms with Crippen LogP contribution in [0, 0.1) is 5.92 Å². The number of hydrogen-bond acceptors (Lipinski definition) is 4. The van der Waals surface area contributed by atoms with Gasteiger partial charge < -0.3 is 20.1 Å². The van der Waals surface area contributed by atoms with Crippen LogP contribution >= 0.6 is 0 Å². The molecule has 19 heavy (non-hydrogen) atoms. The van der Waals surface area contributed by atoms with Gasteiger partial charge in [-0.3, -0.25) is 0 Å². The van der Waals surface area contributed by atoms with Crippen molar-refractivity contribution in [2.45, 2.75) is 57.7 Å². The minimum absolute atomic E-state index is 0.0409. The molecule has 2 aliphatic heterocycles. The summed E-state index contributed by atoms with van der Waals surface area (Å²) in [5, 5.41) is 0. The van der Waals surface area contributed by atoms with E-state index in [0.29, 0.717) is 19.1 Å². The lowest BCUT2D eigenvalue weighted by molar-refractivity contribution is -0.00649. The maximum Gasteiger partial charge on any atom is 0.410 e. The largest absolute Gasteiger partial charge is 0.444 e. The molecule has 0 aromatic carbocycles. The fourth-order valence-corrected chi connectivity index (χ4v) is 3.01. The van der Waals surface area contributed by atoms with Gasteiger partial charge in [-0.2, -0.15) is 0 Å². The van der Waals surface area contributed by atoms with E-state index in [0.717, 1.165) is 25.9 Å². The third kappa shape index (κ3) is 3.60. The van der Waals surface area contributed by atoms with Crippen LogP contribution in [0.2, 0.25) is 0 Å². The first kappa shape index (κ1) is 14.6. The molecule has 2 heterocycles. The molecule has 110 valence electrons. The van der Waals surface area contributed by atoms with E-state index in [1.54, 1.807) is 0 Å². The molecule has 2 aliphatic rings. The highest BCUT2D eigenvalue weighted by Gasteiger charge is 2.42. The molecule has 2 rings (SSSR count). The molecule has 1 amide bonds. The smallest absolute Gasteiger partial charge is 0.410 e. The van der Waals surface area contributed by atoms with Gasteiger partial charge in [0.05, 0.1) is 12.6 Å². The van der Waals surface area contributed by atoms with Crippen molar-refractivity contribution >= 4 is 6.09 Å². The molecule has 2 fully saturated rings. The molecule has 0 aromatic rings. The average Bonchev–Trinajstić information content (AvgIpc) is 2.70. The van der Waals surface area contributed by atoms with Crippen molar-refractivity contribution in [2.24, 2.45) is 11.7 Å². The maximum absolute atomic E-state index is 12.3. The van der Waals surface area contributed by atoms with Crippen molar-refractivity contribution in [1.82, 2.24) is 4.90 Å². The molecule has 0 bridgehead atoms. The highest BCUT2D eigenvalue weighted by Crippen LogP contribution is 2.30. The molecule has 3 atom stereocenters. The van der Waals surface area contributed by atoms with Gasteiger partial charge in [0.25, 0.3) is 0 Å². The second kappa shape index (κ2) is 5.67. The van der Waals surface area contributed by atoms with Gasteiger partial charge >= 0.3 is 6.09 Å². The Morgan fingerprint density at radius 1 is 1.37 bits per heavy atom. The van der Waals surface area contributed by atoms with E-state index in [4.69, 9.17) is 15.2 Å². The van der Waals surface area contributed by atoms with Crippen molar-refractivity contribution < 1.29 is 14.3 Å². The van der Waals surface area contributed by atoms with Crippen LogP contribution in [0.15, 0.2) is 0 Å². The van der Waals surface area contributed by atoms with Gasteiger partial charge in [0, 0.05) is 25.1 Å². The molecule has 0 aromatic heterocycles. The monoisotopic (exact) mass is 270 g/mol. The van der Waals surface area contributed by atoms with Gasteiger partial charge in [0.15, 0.2) is 0 Å². The van der Waals surface area contributed by atoms with Gasteiger partial charge in [-0.05, 0) is 40.0 Å². The summed E-state index contributed by atoms with van der Waals surface area (Å²) in [5.74, 6) is 0.346. The second-order valence-electron chi connectivity index (χ2n) is 6.59. The van der Waals surface area contributed by atoms with Crippen LogP contribution in [0.3, 0.4) is 0 Å². The zero-order chi connectivity index (χ0) is 14.0. The zero-order valence-electron chi connectivity index (χ0n) is 12.2. The van der Waals surface area contributed by atoms with Gasteiger partial charge in [0.1, 0.15) is 5.60 Å². The number of nitrogens with zero attached hydrogens (tertiary/aromatic N) is 1. The Bertz CT molecular complexity index is 321. The third-order valence-corrected chi connectivity index (χ3v) is 3.81. The Morgan fingerprint density at radius 2 is 2.11 bits per heavy atom. The van der Waals surface area contributed by atoms with Crippen LogP contribution in [0.1, 0.15) is 40.0 Å². The van der Waals surface area contributed by atoms with E-state index in [9.17, 15) is 4.79 Å². The predicted octanol–water partition coefficient (Wildman–Crippen LogP) is 1.75. The summed E-state index contributed by atoms with van der Waals surface area (Å²) in [6.45, 7) is 7.89. The molecule has 0 spiro atoms. The molecule has 2 N–H and O–H groups in total. The Balaban J connectivity index is 2.04. The van der Waals surface area contributed by atoms with Crippen LogP contribution < -0.4 is 5.73 Å². The van der Waals surface area contributed by atoms with E-state index in [-0.39, 0.29) is 18.2 Å². The summed E-state index contributed by atoms with van der Waals surface area (Å²) in [4.78, 5) is 14.1. The molecule has 0 saturated carbocycles. The van der Waals surface area contributed by atoms with Gasteiger partial charge in [0.2, 0.25) is 0 Å². The standard InChI is InChI=1S/C14H26N2O3/c1-14(2,3)19-13(17)16-7-6-11(15)12(16)10-5-4-8-18-9-10/h10-12H,4-9,15H2,1-3H3/t10?,11-,12+/m1/s1. The van der Waals surface area contributed by atoms with Crippen LogP contribution in [-0.2, 0) is 9.47 Å². The lowest BCUT2D eigenvalue weighted by atomic mass is 9.90. The Labute approximate surface area is 115 Å². The minimum Gasteiger partial charge on any atom is -0.444 e. The second-order valence-corrected chi connectivity index (χ2v) is 6.59. The molecule has 1 unspecified atom stereocenters. The number of hydrogen-bond donors (Lipinski definition) is 1. The first-order valence-corrected chi connectivity index (χ1v) is 7.21. The Kier molecular flexibility index (Phi) is 4.36. The van der Waals surface area contributed by atoms with Gasteiger partial charge in [-0.1, -0.05) is 0 Å². The summed E-state index contributed by atoms with van der Waals surface area (Å²) in [6, 6.07) is 0.106. The fourth-order valence-electron chi connectivity index (χ4n) is 3.01. The summed E-state index contributed by atoms with van der Waals surface area (Å²) in [6.07, 6.45) is 2.74. The molecule has 2 saturated heterocycles. The average molecular weight is 270 g/mol. The van der Waals surface area contributed by atoms with Crippen molar-refractivity contribution in [3.05, 3.63) is 0 Å². The number of likely N-dealkylation sites (tertiary alicyclic amines) is 1. The number of nitrogens with two attached hydrogens (primary N) is 1. The van der Waals surface area contributed by atoms with Gasteiger partial charge in [-0.25, -0.2) is 4.79 Å². The van der Waals surface area contributed by atoms with E-state index in [1.165, 1.54) is 0 Å². The minimum atomic E-state index is -0.461. The van der Waals surface area contributed by atoms with Crippen LogP contribution in [0.5, 0.6) is 0 Å². The highest BCUT2D eigenvalue weighted by molar-refractivity contribution is 5.69. The van der Waals surface area contributed by atoms with E-state index < -0.39 is 5.60 Å². The van der Waals surface area contributed by atoms with E-state index in [1.807, 2.05) is 25.7 Å². The van der Waals surface area contributed by atoms with E-state index >= 15 is 0 Å². The number of amides is 1. The molecule has 5 nitrogen and oxygen atoms in total. The predicted molar refractivity (Wildman–Crippen MR) is 72.9 cm³/mol. The van der Waals surface area contributed by atoms with Crippen LogP contribution in [0.25, 0.3) is 0 Å². The number of carbonyl (C=O) groups is 1. The van der Waals surface area contributed by atoms with E-state index in [2.05, 4.69) is 0 Å². The maximum atomic E-state index is 12.3. The first-order valence-electron chi connectivity index (χ1n) is 7.21. The van der Waals surface area contributed by atoms with Crippen LogP contribution in [-0.4, -0.2) is 48.4 Å². The highest BCUT2D eigenvalue weighted by atomic mass is 16.6. The number of rotatable bonds is 1. The molecular weight excluding hydrogens is 244 g/mol. The number of carbonyl (C=O) groups excluding carboxylic acids is 1. The SMILES string of the molecule is CC(C)(C)OC(=O)N1CC[C@@H](N)[C@@H]1C1CCCOC1. The fraction of sp³-hybridized carbons (Fsp3) is 0.929. The number of ether oxygens (including phenoxy) is 2. The Hall–Kier alpha value is -0.810. The van der Waals surface area contributed by atoms with Crippen molar-refractivity contribution in [3.8, 4) is 0 Å². The lowest BCUT2D eigenvalue weighted by Crippen LogP contribution is -2.50. The van der Waals surface area contributed by atoms with Crippen molar-refractivity contribution in [2.75, 3.05) is 19.8 Å². The zero-order valence-corrected chi connectivity index (χ0v) is 12.2. The summed E-state index contributed by atoms with van der Waals surface area (Å²) in [5.41, 5.74) is 5.74. The Morgan fingerprint density at radius 3 is 2.68 bits per heavy atom. The van der Waals surface area contributed by atoms with Crippen molar-refractivity contribution in [3.63, 3.8) is 0 Å². The van der Waals surface area contributed by atoms with Crippen molar-refractivity contribution in [1.29, 1.82) is 0 Å². The normalized spacial score (nSPS) is 32.4. The summed E-state index contributed by atoms with van der Waals surface area (Å²) in [7, 11) is 0. The first-order chi connectivity index (χ1) is 8.88. The lowest BCUT2D eigenvalue weighted by Gasteiger charge is -2.36. The quantitative estimate of drug-likeness (QED) is 0.788. The molecule has 0 aliphatic carbocycles. The molecule has 5 heteroatoms. The van der Waals surface area contributed by atoms with Gasteiger partial charge in [-0.15, -0.1) is 0 Å². The third-order valence-electron chi connectivity index (χ3n) is 3.81.